The van der Waals surface area contributed by atoms with Crippen molar-refractivity contribution in [3.8, 4) is 0 Å². The summed E-state index contributed by atoms with van der Waals surface area (Å²) in [6, 6.07) is -3.62. The first kappa shape index (κ1) is 67.2. The van der Waals surface area contributed by atoms with Crippen molar-refractivity contribution in [2.24, 2.45) is 0 Å². The fourth-order valence-corrected chi connectivity index (χ4v) is 10.6. The molecule has 21 N–H and O–H groups in total. The average Bonchev–Trinajstić information content (AvgIpc) is 2.89. The van der Waals surface area contributed by atoms with Gasteiger partial charge in [-0.15, -0.1) is 0 Å². The second-order valence-electron chi connectivity index (χ2n) is 21.0. The number of amides is 2. The SMILES string of the molecule is CC(=O)N[C@@H]1[C@@H](O)[C@H](O[C@@H]2O[C@H](CO)[C@H](O)[C@H](O[C@H]3O[C@H](CO)[C@H](O)[C@H](O[C@@H]4O[C@H](CO)[C@H](O)[C@H](O[C@H]5O[C@H](CO)[C@H](O)[C@H](O)[C@H]5O)[C@H]4O[C@@H]4O[C@@H](C)[C@@H](O)[C@@H](O)[C@@H]4O)[C@H]3NC(C)=O)[C@H]2O[C@@H]2O[C@@H](C)[C@@H](O)[C@@H](O)[C@@H]2O)[C@@H](CO)O[C@H]1O. The number of carbonyl (C=O) groups is 2. The lowest BCUT2D eigenvalue weighted by Crippen LogP contribution is -2.71. The second kappa shape index (κ2) is 28.7. The molecule has 2 amide bonds. The summed E-state index contributed by atoms with van der Waals surface area (Å²) in [5.41, 5.74) is 0. The fourth-order valence-electron chi connectivity index (χ4n) is 10.6. The van der Waals surface area contributed by atoms with Crippen molar-refractivity contribution in [2.45, 2.75) is 243 Å². The number of aliphatic hydroxyl groups excluding tert-OH is 19. The van der Waals surface area contributed by atoms with Crippen molar-refractivity contribution < 1.29 is 168 Å². The number of nitrogens with one attached hydrogen (secondary N) is 2. The van der Waals surface area contributed by atoms with Gasteiger partial charge in [-0.3, -0.25) is 9.59 Å². The maximum Gasteiger partial charge on any atom is 0.217 e. The normalized spacial score (nSPS) is 51.3. The van der Waals surface area contributed by atoms with Crippen LogP contribution in [0.25, 0.3) is 0 Å². The molecule has 7 saturated heterocycles. The topological polar surface area (TPSA) is 563 Å². The molecule has 476 valence electrons. The highest BCUT2D eigenvalue weighted by molar-refractivity contribution is 5.73. The molecule has 0 aromatic rings. The molecule has 7 heterocycles. The van der Waals surface area contributed by atoms with Gasteiger partial charge in [0.15, 0.2) is 44.0 Å². The van der Waals surface area contributed by atoms with E-state index in [0.29, 0.717) is 0 Å². The van der Waals surface area contributed by atoms with Crippen LogP contribution in [0.1, 0.15) is 27.7 Å². The molecule has 0 aromatic heterocycles. The molecule has 0 unspecified atom stereocenters. The Morgan fingerprint density at radius 3 is 1.06 bits per heavy atom. The molecule has 36 nitrogen and oxygen atoms in total. The molecule has 7 aliphatic heterocycles. The Kier molecular flexibility index (Phi) is 23.5. The van der Waals surface area contributed by atoms with Crippen LogP contribution in [0.4, 0.5) is 0 Å². The third kappa shape index (κ3) is 14.1. The lowest BCUT2D eigenvalue weighted by atomic mass is 9.93. The molecule has 0 bridgehead atoms. The standard InChI is InChI=1S/C46H78N2O34/c1-10-21(56)28(63)31(66)42(70-10)81-38-36(25(60)16(7-51)75-45(38)77-34-18(9-53)72-40(69)19(27(34)62)47-12(3)54)79-41-20(48-13(4)55)35(24(59)15(6-50)73-41)78-46-39(82-43-32(67)29(64)22(57)11(2)71-43)37(26(61)17(8-52)76-46)80-44-33(68)30(65)23(58)14(5-49)74-44/h10-11,14-46,49-53,56-69H,5-9H2,1-4H3,(H,47,54)(H,48,55)/t10-,11-,14+,15+,16+,17+,18+,19+,20+,21+,22+,23-,24-,25-,26-,27+,28+,29+,30-,31-,32-,33+,34+,35+,36-,37-,38+,39+,40+,41+,42-,43-,44+,45-,46-/m0/s1. The molecule has 36 heteroatoms. The summed E-state index contributed by atoms with van der Waals surface area (Å²) in [6.45, 7) is -0.756. The van der Waals surface area contributed by atoms with E-state index >= 15 is 0 Å². The summed E-state index contributed by atoms with van der Waals surface area (Å²) >= 11 is 0. The van der Waals surface area contributed by atoms with Crippen LogP contribution in [-0.4, -0.2) is 357 Å². The molecule has 82 heavy (non-hydrogen) atoms. The van der Waals surface area contributed by atoms with Gasteiger partial charge in [-0.25, -0.2) is 0 Å². The van der Waals surface area contributed by atoms with Crippen molar-refractivity contribution in [3.63, 3.8) is 0 Å². The maximum absolute atomic E-state index is 13.3. The van der Waals surface area contributed by atoms with Gasteiger partial charge in [-0.05, 0) is 13.8 Å². The molecular formula is C46H78N2O34. The van der Waals surface area contributed by atoms with Gasteiger partial charge in [-0.1, -0.05) is 0 Å². The van der Waals surface area contributed by atoms with E-state index in [1.54, 1.807) is 0 Å². The van der Waals surface area contributed by atoms with Crippen molar-refractivity contribution in [1.29, 1.82) is 0 Å². The van der Waals surface area contributed by atoms with E-state index in [4.69, 9.17) is 61.6 Å². The summed E-state index contributed by atoms with van der Waals surface area (Å²) < 4.78 is 77.3. The van der Waals surface area contributed by atoms with Crippen LogP contribution in [0.15, 0.2) is 0 Å². The minimum absolute atomic E-state index is 0.773. The van der Waals surface area contributed by atoms with Gasteiger partial charge in [0.05, 0.1) is 45.2 Å². The molecule has 0 aliphatic carbocycles. The first-order chi connectivity index (χ1) is 38.7. The van der Waals surface area contributed by atoms with Crippen LogP contribution in [-0.2, 0) is 71.2 Å². The van der Waals surface area contributed by atoms with Gasteiger partial charge in [-0.2, -0.15) is 0 Å². The van der Waals surface area contributed by atoms with Gasteiger partial charge in [0.1, 0.15) is 159 Å². The van der Waals surface area contributed by atoms with Gasteiger partial charge in [0, 0.05) is 13.8 Å². The monoisotopic (exact) mass is 1200 g/mol. The van der Waals surface area contributed by atoms with Gasteiger partial charge in [0.25, 0.3) is 0 Å². The summed E-state index contributed by atoms with van der Waals surface area (Å²) in [6.07, 6.45) is -64.7. The molecular weight excluding hydrogens is 1120 g/mol. The quantitative estimate of drug-likeness (QED) is 0.0571. The van der Waals surface area contributed by atoms with Crippen molar-refractivity contribution >= 4 is 11.8 Å². The van der Waals surface area contributed by atoms with E-state index in [0.717, 1.165) is 13.8 Å². The number of carbonyl (C=O) groups excluding carboxylic acids is 2. The van der Waals surface area contributed by atoms with E-state index < -0.39 is 260 Å². The Hall–Kier alpha value is -2.34. The van der Waals surface area contributed by atoms with Crippen LogP contribution in [0.5, 0.6) is 0 Å². The third-order valence-corrected chi connectivity index (χ3v) is 15.3. The molecule has 7 fully saturated rings. The van der Waals surface area contributed by atoms with Gasteiger partial charge >= 0.3 is 0 Å². The zero-order valence-electron chi connectivity index (χ0n) is 44.4. The van der Waals surface area contributed by atoms with Crippen molar-refractivity contribution in [2.75, 3.05) is 33.0 Å². The number of hydrogen-bond acceptors (Lipinski definition) is 34. The Balaban J connectivity index is 1.29. The van der Waals surface area contributed by atoms with E-state index in [9.17, 15) is 107 Å². The Morgan fingerprint density at radius 1 is 0.317 bits per heavy atom. The number of rotatable bonds is 19. The lowest BCUT2D eigenvalue weighted by Gasteiger charge is -2.52. The van der Waals surface area contributed by atoms with E-state index in [1.165, 1.54) is 13.8 Å². The second-order valence-corrected chi connectivity index (χ2v) is 21.0. The first-order valence-electron chi connectivity index (χ1n) is 26.3. The first-order valence-corrected chi connectivity index (χ1v) is 26.3. The Morgan fingerprint density at radius 2 is 0.634 bits per heavy atom. The summed E-state index contributed by atoms with van der Waals surface area (Å²) in [7, 11) is 0. The predicted molar refractivity (Wildman–Crippen MR) is 252 cm³/mol. The molecule has 0 saturated carbocycles. The summed E-state index contributed by atoms with van der Waals surface area (Å²) in [5, 5.41) is 212. The maximum atomic E-state index is 13.3. The van der Waals surface area contributed by atoms with Crippen molar-refractivity contribution in [3.05, 3.63) is 0 Å². The van der Waals surface area contributed by atoms with Crippen molar-refractivity contribution in [1.82, 2.24) is 10.6 Å². The highest BCUT2D eigenvalue weighted by atomic mass is 16.8. The van der Waals surface area contributed by atoms with Gasteiger partial charge in [0.2, 0.25) is 11.8 Å². The molecule has 0 radical (unpaired) electrons. The van der Waals surface area contributed by atoms with Crippen LogP contribution in [0.3, 0.4) is 0 Å². The highest BCUT2D eigenvalue weighted by Crippen LogP contribution is 2.39. The van der Waals surface area contributed by atoms with Crippen LogP contribution in [0.2, 0.25) is 0 Å². The fraction of sp³-hybridized carbons (Fsp3) is 0.957. The summed E-state index contributed by atoms with van der Waals surface area (Å²) in [5.74, 6) is -1.73. The molecule has 7 aliphatic rings. The van der Waals surface area contributed by atoms with E-state index in [-0.39, 0.29) is 0 Å². The summed E-state index contributed by atoms with van der Waals surface area (Å²) in [4.78, 5) is 25.4. The zero-order chi connectivity index (χ0) is 60.5. The Bertz CT molecular complexity index is 2030. The minimum Gasteiger partial charge on any atom is -0.394 e. The van der Waals surface area contributed by atoms with Crippen LogP contribution >= 0.6 is 0 Å². The molecule has 0 aromatic carbocycles. The van der Waals surface area contributed by atoms with E-state index in [2.05, 4.69) is 10.6 Å². The third-order valence-electron chi connectivity index (χ3n) is 15.3. The van der Waals surface area contributed by atoms with Crippen LogP contribution in [0, 0.1) is 0 Å². The lowest BCUT2D eigenvalue weighted by molar-refractivity contribution is -0.409. The molecule has 0 spiro atoms. The molecule has 35 atom stereocenters. The van der Waals surface area contributed by atoms with Gasteiger partial charge < -0.3 is 169 Å². The largest absolute Gasteiger partial charge is 0.394 e. The molecule has 7 rings (SSSR count). The number of ether oxygens (including phenoxy) is 13. The zero-order valence-corrected chi connectivity index (χ0v) is 44.4. The smallest absolute Gasteiger partial charge is 0.217 e. The minimum atomic E-state index is -2.24. The highest BCUT2D eigenvalue weighted by Gasteiger charge is 2.60. The average molecular weight is 1200 g/mol. The number of hydrogen-bond donors (Lipinski definition) is 21. The Labute approximate surface area is 465 Å². The predicted octanol–water partition coefficient (Wildman–Crippen LogP) is -13.9. The van der Waals surface area contributed by atoms with Crippen LogP contribution < -0.4 is 10.6 Å². The number of aliphatic hydroxyl groups is 19. The van der Waals surface area contributed by atoms with E-state index in [1.807, 2.05) is 0 Å².